The lowest BCUT2D eigenvalue weighted by molar-refractivity contribution is -0.235. The predicted octanol–water partition coefficient (Wildman–Crippen LogP) is 3.28. The Morgan fingerprint density at radius 2 is 2.00 bits per heavy atom. The van der Waals surface area contributed by atoms with Crippen LogP contribution in [-0.4, -0.2) is 30.6 Å². The molecule has 4 bridgehead atoms. The molecule has 1 aromatic carbocycles. The molecule has 1 aromatic rings. The highest BCUT2D eigenvalue weighted by molar-refractivity contribution is 5.93. The summed E-state index contributed by atoms with van der Waals surface area (Å²) in [5.41, 5.74) is 4.21. The molecule has 6 rings (SSSR count). The summed E-state index contributed by atoms with van der Waals surface area (Å²) in [5.74, 6) is -0.212. The fourth-order valence-electron chi connectivity index (χ4n) is 6.09. The Bertz CT molecular complexity index is 804. The lowest BCUT2D eigenvalue weighted by Crippen LogP contribution is -2.56. The van der Waals surface area contributed by atoms with E-state index < -0.39 is 11.4 Å². The van der Waals surface area contributed by atoms with Crippen LogP contribution in [0.25, 0.3) is 0 Å². The van der Waals surface area contributed by atoms with Crippen LogP contribution in [0.3, 0.4) is 0 Å². The highest BCUT2D eigenvalue weighted by Gasteiger charge is 2.61. The third kappa shape index (κ3) is 1.77. The second kappa shape index (κ2) is 4.74. The van der Waals surface area contributed by atoms with Crippen molar-refractivity contribution in [1.29, 1.82) is 0 Å². The van der Waals surface area contributed by atoms with Crippen molar-refractivity contribution < 1.29 is 19.0 Å². The first-order valence-corrected chi connectivity index (χ1v) is 9.53. The second-order valence-corrected chi connectivity index (χ2v) is 8.18. The number of ether oxygens (including phenoxy) is 3. The zero-order valence-electron chi connectivity index (χ0n) is 14.3. The fraction of sp³-hybridized carbons (Fsp3) is 0.571. The molecule has 1 saturated carbocycles. The molecule has 130 valence electrons. The first kappa shape index (κ1) is 14.5. The Morgan fingerprint density at radius 1 is 1.12 bits per heavy atom. The van der Waals surface area contributed by atoms with Crippen molar-refractivity contribution in [3.05, 3.63) is 46.5 Å². The Morgan fingerprint density at radius 3 is 2.88 bits per heavy atom. The highest BCUT2D eigenvalue weighted by Crippen LogP contribution is 2.58. The van der Waals surface area contributed by atoms with Gasteiger partial charge in [0.05, 0.1) is 18.8 Å². The van der Waals surface area contributed by atoms with Gasteiger partial charge < -0.3 is 14.2 Å². The molecule has 0 aromatic heterocycles. The van der Waals surface area contributed by atoms with E-state index in [0.717, 1.165) is 37.7 Å². The molecule has 3 aliphatic carbocycles. The molecule has 2 aliphatic heterocycles. The molecule has 25 heavy (non-hydrogen) atoms. The number of benzene rings is 1. The van der Waals surface area contributed by atoms with Crippen LogP contribution < -0.4 is 0 Å². The molecule has 4 nitrogen and oxygen atoms in total. The first-order valence-electron chi connectivity index (χ1n) is 9.53. The van der Waals surface area contributed by atoms with Crippen LogP contribution in [0, 0.1) is 5.92 Å². The Kier molecular flexibility index (Phi) is 2.75. The SMILES string of the molecule is O=C1O[C@@]23CC4(CC[C@H]2CCc2c1ccc1c2C3C=CC1)OCCO4. The van der Waals surface area contributed by atoms with Gasteiger partial charge >= 0.3 is 5.97 Å². The Balaban J connectivity index is 1.60. The highest BCUT2D eigenvalue weighted by atomic mass is 16.7. The van der Waals surface area contributed by atoms with Gasteiger partial charge in [0.1, 0.15) is 5.60 Å². The van der Waals surface area contributed by atoms with E-state index in [1.807, 2.05) is 6.07 Å². The summed E-state index contributed by atoms with van der Waals surface area (Å²) in [5, 5.41) is 0. The predicted molar refractivity (Wildman–Crippen MR) is 90.5 cm³/mol. The van der Waals surface area contributed by atoms with E-state index in [4.69, 9.17) is 14.2 Å². The summed E-state index contributed by atoms with van der Waals surface area (Å²) < 4.78 is 18.5. The molecule has 2 heterocycles. The van der Waals surface area contributed by atoms with Crippen LogP contribution in [-0.2, 0) is 27.1 Å². The summed E-state index contributed by atoms with van der Waals surface area (Å²) in [4.78, 5) is 13.0. The van der Waals surface area contributed by atoms with E-state index in [1.54, 1.807) is 0 Å². The minimum atomic E-state index is -0.566. The van der Waals surface area contributed by atoms with Gasteiger partial charge in [-0.15, -0.1) is 0 Å². The van der Waals surface area contributed by atoms with Gasteiger partial charge in [0.15, 0.2) is 5.79 Å². The van der Waals surface area contributed by atoms with Crippen LogP contribution in [0.2, 0.25) is 0 Å². The number of carbonyl (C=O) groups excluding carboxylic acids is 1. The van der Waals surface area contributed by atoms with Gasteiger partial charge in [0.25, 0.3) is 0 Å². The van der Waals surface area contributed by atoms with Crippen LogP contribution in [0.4, 0.5) is 0 Å². The number of hydrogen-bond acceptors (Lipinski definition) is 4. The average molecular weight is 338 g/mol. The van der Waals surface area contributed by atoms with Crippen LogP contribution in [0.1, 0.15) is 58.6 Å². The molecular formula is C21H22O4. The van der Waals surface area contributed by atoms with Gasteiger partial charge in [-0.3, -0.25) is 0 Å². The minimum Gasteiger partial charge on any atom is -0.454 e. The zero-order valence-corrected chi connectivity index (χ0v) is 14.3. The third-order valence-corrected chi connectivity index (χ3v) is 7.12. The van der Waals surface area contributed by atoms with E-state index >= 15 is 0 Å². The number of esters is 1. The molecule has 5 aliphatic rings. The van der Waals surface area contributed by atoms with Crippen LogP contribution in [0.15, 0.2) is 24.3 Å². The molecule has 3 atom stereocenters. The topological polar surface area (TPSA) is 44.8 Å². The Labute approximate surface area is 147 Å². The van der Waals surface area contributed by atoms with Gasteiger partial charge in [-0.25, -0.2) is 4.79 Å². The average Bonchev–Trinajstić information content (AvgIpc) is 2.98. The maximum atomic E-state index is 13.0. The van der Waals surface area contributed by atoms with Gasteiger partial charge in [-0.1, -0.05) is 18.2 Å². The van der Waals surface area contributed by atoms with Crippen molar-refractivity contribution in [3.63, 3.8) is 0 Å². The lowest BCUT2D eigenvalue weighted by atomic mass is 9.63. The van der Waals surface area contributed by atoms with Crippen molar-refractivity contribution in [1.82, 2.24) is 0 Å². The van der Waals surface area contributed by atoms with Gasteiger partial charge in [-0.2, -0.15) is 0 Å². The first-order chi connectivity index (χ1) is 12.2. The van der Waals surface area contributed by atoms with Gasteiger partial charge in [0.2, 0.25) is 0 Å². The zero-order chi connectivity index (χ0) is 16.6. The fourth-order valence-corrected chi connectivity index (χ4v) is 6.09. The van der Waals surface area contributed by atoms with E-state index in [0.29, 0.717) is 25.6 Å². The number of carbonyl (C=O) groups is 1. The van der Waals surface area contributed by atoms with Gasteiger partial charge in [0, 0.05) is 24.7 Å². The van der Waals surface area contributed by atoms with Crippen molar-refractivity contribution in [2.75, 3.05) is 13.2 Å². The van der Waals surface area contributed by atoms with Crippen LogP contribution >= 0.6 is 0 Å². The maximum Gasteiger partial charge on any atom is 0.339 e. The number of rotatable bonds is 0. The van der Waals surface area contributed by atoms with Crippen molar-refractivity contribution in [2.45, 2.75) is 55.8 Å². The molecule has 2 fully saturated rings. The van der Waals surface area contributed by atoms with E-state index in [9.17, 15) is 4.79 Å². The monoisotopic (exact) mass is 338 g/mol. The molecule has 2 spiro atoms. The van der Waals surface area contributed by atoms with E-state index in [2.05, 4.69) is 18.2 Å². The standard InChI is InChI=1S/C21H22O4/c22-19-16-6-4-13-2-1-3-17-18(13)15(16)7-5-14-8-9-20(23-10-11-24-20)12-21(14,17)25-19/h1,3-4,6,14,17H,2,5,7-12H2/t14-,17?,21+/m1/s1. The summed E-state index contributed by atoms with van der Waals surface area (Å²) in [6.45, 7) is 1.28. The lowest BCUT2D eigenvalue weighted by Gasteiger charge is -2.51. The van der Waals surface area contributed by atoms with Crippen molar-refractivity contribution in [2.24, 2.45) is 5.92 Å². The largest absolute Gasteiger partial charge is 0.454 e. The minimum absolute atomic E-state index is 0.134. The molecule has 1 unspecified atom stereocenters. The summed E-state index contributed by atoms with van der Waals surface area (Å²) >= 11 is 0. The summed E-state index contributed by atoms with van der Waals surface area (Å²) in [7, 11) is 0. The summed E-state index contributed by atoms with van der Waals surface area (Å²) in [6, 6.07) is 4.11. The van der Waals surface area contributed by atoms with Gasteiger partial charge in [-0.05, 0) is 48.4 Å². The third-order valence-electron chi connectivity index (χ3n) is 7.12. The normalized spacial score (nSPS) is 36.7. The quantitative estimate of drug-likeness (QED) is 0.538. The van der Waals surface area contributed by atoms with E-state index in [-0.39, 0.29) is 11.9 Å². The number of allylic oxidation sites excluding steroid dienone is 1. The number of hydrogen-bond donors (Lipinski definition) is 0. The second-order valence-electron chi connectivity index (χ2n) is 8.18. The molecular weight excluding hydrogens is 316 g/mol. The Hall–Kier alpha value is -1.65. The summed E-state index contributed by atoms with van der Waals surface area (Å²) in [6.07, 6.45) is 10.1. The smallest absolute Gasteiger partial charge is 0.339 e. The molecule has 0 amide bonds. The molecule has 0 N–H and O–H groups in total. The maximum absolute atomic E-state index is 13.0. The molecule has 0 radical (unpaired) electrons. The van der Waals surface area contributed by atoms with E-state index in [1.165, 1.54) is 16.7 Å². The molecule has 4 heteroatoms. The van der Waals surface area contributed by atoms with Crippen LogP contribution in [0.5, 0.6) is 0 Å². The molecule has 1 saturated heterocycles. The van der Waals surface area contributed by atoms with Crippen molar-refractivity contribution in [3.8, 4) is 0 Å². The van der Waals surface area contributed by atoms with Crippen molar-refractivity contribution >= 4 is 5.97 Å².